The number of nitrogens with zero attached hydrogens (tertiary/aromatic N) is 2. The molecule has 0 radical (unpaired) electrons. The molecule has 2 rings (SSSR count). The van der Waals surface area contributed by atoms with Crippen LogP contribution in [0, 0.1) is 20.2 Å². The van der Waals surface area contributed by atoms with Crippen LogP contribution in [0.1, 0.15) is 15.9 Å². The molecule has 8 heteroatoms. The van der Waals surface area contributed by atoms with Gasteiger partial charge in [0.25, 0.3) is 11.4 Å². The van der Waals surface area contributed by atoms with Crippen LogP contribution in [0.25, 0.3) is 0 Å². The van der Waals surface area contributed by atoms with Gasteiger partial charge in [0, 0.05) is 23.3 Å². The molecule has 0 aliphatic heterocycles. The average Bonchev–Trinajstić information content (AvgIpc) is 2.47. The van der Waals surface area contributed by atoms with Crippen LogP contribution < -0.4 is 5.73 Å². The van der Waals surface area contributed by atoms with E-state index < -0.39 is 32.7 Å². The van der Waals surface area contributed by atoms with Gasteiger partial charge in [0.1, 0.15) is 0 Å². The minimum atomic E-state index is -0.857. The van der Waals surface area contributed by atoms with Gasteiger partial charge in [-0.15, -0.1) is 0 Å². The highest BCUT2D eigenvalue weighted by molar-refractivity contribution is 6.10. The number of nitro benzene ring substituents is 2. The minimum absolute atomic E-state index is 0.159. The first-order chi connectivity index (χ1) is 9.91. The fraction of sp³-hybridized carbons (Fsp3) is 0. The van der Waals surface area contributed by atoms with E-state index in [2.05, 4.69) is 0 Å². The first-order valence-electron chi connectivity index (χ1n) is 5.74. The summed E-state index contributed by atoms with van der Waals surface area (Å²) in [4.78, 5) is 32.3. The monoisotopic (exact) mass is 287 g/mol. The van der Waals surface area contributed by atoms with Gasteiger partial charge in [0.15, 0.2) is 11.5 Å². The van der Waals surface area contributed by atoms with Gasteiger partial charge in [-0.25, -0.2) is 0 Å². The quantitative estimate of drug-likeness (QED) is 0.397. The van der Waals surface area contributed by atoms with Gasteiger partial charge in [-0.05, 0) is 0 Å². The van der Waals surface area contributed by atoms with Gasteiger partial charge in [-0.1, -0.05) is 30.3 Å². The molecule has 0 aromatic heterocycles. The van der Waals surface area contributed by atoms with E-state index in [1.54, 1.807) is 18.2 Å². The summed E-state index contributed by atoms with van der Waals surface area (Å²) < 4.78 is 0. The number of hydrogen-bond acceptors (Lipinski definition) is 6. The van der Waals surface area contributed by atoms with Crippen LogP contribution in [-0.2, 0) is 0 Å². The van der Waals surface area contributed by atoms with Crippen molar-refractivity contribution >= 4 is 22.8 Å². The lowest BCUT2D eigenvalue weighted by Crippen LogP contribution is -2.06. The molecule has 0 heterocycles. The smallest absolute Gasteiger partial charge is 0.299 e. The molecule has 0 fully saturated rings. The van der Waals surface area contributed by atoms with E-state index in [0.29, 0.717) is 0 Å². The zero-order valence-corrected chi connectivity index (χ0v) is 10.6. The number of carbonyl (C=O) groups is 1. The average molecular weight is 287 g/mol. The highest BCUT2D eigenvalue weighted by Gasteiger charge is 2.26. The molecule has 0 aliphatic rings. The summed E-state index contributed by atoms with van der Waals surface area (Å²) in [6.07, 6.45) is 0. The van der Waals surface area contributed by atoms with Crippen LogP contribution in [-0.4, -0.2) is 15.6 Å². The maximum Gasteiger partial charge on any atom is 0.299 e. The first-order valence-corrected chi connectivity index (χ1v) is 5.74. The normalized spacial score (nSPS) is 10.1. The Morgan fingerprint density at radius 1 is 0.905 bits per heavy atom. The molecule has 0 aliphatic carbocycles. The second-order valence-corrected chi connectivity index (χ2v) is 4.14. The van der Waals surface area contributed by atoms with E-state index in [1.807, 2.05) is 0 Å². The predicted molar refractivity (Wildman–Crippen MR) is 74.0 cm³/mol. The fourth-order valence-corrected chi connectivity index (χ4v) is 1.81. The zero-order valence-electron chi connectivity index (χ0n) is 10.6. The summed E-state index contributed by atoms with van der Waals surface area (Å²) in [5.41, 5.74) is 3.61. The van der Waals surface area contributed by atoms with Crippen molar-refractivity contribution in [2.45, 2.75) is 0 Å². The Hall–Kier alpha value is -3.29. The highest BCUT2D eigenvalue weighted by atomic mass is 16.6. The van der Waals surface area contributed by atoms with Gasteiger partial charge in [0.05, 0.1) is 9.85 Å². The molecule has 21 heavy (non-hydrogen) atoms. The molecular formula is C13H9N3O5. The van der Waals surface area contributed by atoms with Gasteiger partial charge < -0.3 is 5.73 Å². The van der Waals surface area contributed by atoms with E-state index in [1.165, 1.54) is 12.1 Å². The van der Waals surface area contributed by atoms with Crippen LogP contribution in [0.5, 0.6) is 0 Å². The molecular weight excluding hydrogens is 278 g/mol. The van der Waals surface area contributed by atoms with Crippen molar-refractivity contribution in [1.29, 1.82) is 0 Å². The Bertz CT molecular complexity index is 708. The lowest BCUT2D eigenvalue weighted by molar-refractivity contribution is -0.392. The third-order valence-electron chi connectivity index (χ3n) is 2.83. The summed E-state index contributed by atoms with van der Waals surface area (Å²) in [7, 11) is 0. The van der Waals surface area contributed by atoms with Gasteiger partial charge in [0.2, 0.25) is 0 Å². The van der Waals surface area contributed by atoms with Crippen molar-refractivity contribution in [3.05, 3.63) is 73.8 Å². The van der Waals surface area contributed by atoms with E-state index in [0.717, 1.165) is 12.1 Å². The summed E-state index contributed by atoms with van der Waals surface area (Å²) in [6, 6.07) is 9.84. The van der Waals surface area contributed by atoms with Gasteiger partial charge in [-0.3, -0.25) is 25.0 Å². The third kappa shape index (κ3) is 2.68. The largest absolute Gasteiger partial charge is 0.388 e. The third-order valence-corrected chi connectivity index (χ3v) is 2.83. The lowest BCUT2D eigenvalue weighted by Gasteiger charge is -2.04. The van der Waals surface area contributed by atoms with Crippen molar-refractivity contribution in [2.75, 3.05) is 5.73 Å². The fourth-order valence-electron chi connectivity index (χ4n) is 1.81. The second kappa shape index (κ2) is 5.37. The Balaban J connectivity index is 2.62. The van der Waals surface area contributed by atoms with E-state index >= 15 is 0 Å². The summed E-state index contributed by atoms with van der Waals surface area (Å²) >= 11 is 0. The van der Waals surface area contributed by atoms with Crippen molar-refractivity contribution in [3.63, 3.8) is 0 Å². The number of hydrogen-bond donors (Lipinski definition) is 1. The topological polar surface area (TPSA) is 129 Å². The molecule has 2 aromatic carbocycles. The number of benzene rings is 2. The predicted octanol–water partition coefficient (Wildman–Crippen LogP) is 2.32. The van der Waals surface area contributed by atoms with Crippen LogP contribution >= 0.6 is 0 Å². The van der Waals surface area contributed by atoms with Crippen molar-refractivity contribution < 1.29 is 14.6 Å². The summed E-state index contributed by atoms with van der Waals surface area (Å²) in [5, 5.41) is 21.8. The molecule has 0 amide bonds. The van der Waals surface area contributed by atoms with Gasteiger partial charge in [-0.2, -0.15) is 0 Å². The molecule has 0 saturated carbocycles. The molecule has 0 bridgehead atoms. The first kappa shape index (κ1) is 14.1. The SMILES string of the molecule is Nc1c([N+](=O)[O-])cc(C(=O)c2ccccc2)cc1[N+](=O)[O-]. The van der Waals surface area contributed by atoms with Crippen LogP contribution in [0.3, 0.4) is 0 Å². The number of rotatable bonds is 4. The molecule has 0 spiro atoms. The molecule has 0 atom stereocenters. The standard InChI is InChI=1S/C13H9N3O5/c14-12-10(15(18)19)6-9(7-11(12)16(20)21)13(17)8-4-2-1-3-5-8/h1-7H,14H2. The van der Waals surface area contributed by atoms with Crippen molar-refractivity contribution in [3.8, 4) is 0 Å². The summed E-state index contributed by atoms with van der Waals surface area (Å²) in [6.45, 7) is 0. The molecule has 0 saturated heterocycles. The van der Waals surface area contributed by atoms with Crippen LogP contribution in [0.15, 0.2) is 42.5 Å². The van der Waals surface area contributed by atoms with Gasteiger partial charge >= 0.3 is 0 Å². The number of carbonyl (C=O) groups excluding carboxylic acids is 1. The molecule has 2 aromatic rings. The zero-order chi connectivity index (χ0) is 15.6. The number of ketones is 1. The molecule has 8 nitrogen and oxygen atoms in total. The second-order valence-electron chi connectivity index (χ2n) is 4.14. The Kier molecular flexibility index (Phi) is 3.61. The number of nitrogens with two attached hydrogens (primary N) is 1. The number of nitrogen functional groups attached to an aromatic ring is 1. The number of nitro groups is 2. The van der Waals surface area contributed by atoms with Crippen molar-refractivity contribution in [1.82, 2.24) is 0 Å². The molecule has 0 unspecified atom stereocenters. The van der Waals surface area contributed by atoms with Crippen molar-refractivity contribution in [2.24, 2.45) is 0 Å². The maximum atomic E-state index is 12.2. The molecule has 2 N–H and O–H groups in total. The van der Waals surface area contributed by atoms with E-state index in [9.17, 15) is 25.0 Å². The van der Waals surface area contributed by atoms with Crippen LogP contribution in [0.2, 0.25) is 0 Å². The highest BCUT2D eigenvalue weighted by Crippen LogP contribution is 2.33. The molecule has 106 valence electrons. The Morgan fingerprint density at radius 2 is 1.38 bits per heavy atom. The maximum absolute atomic E-state index is 12.2. The Morgan fingerprint density at radius 3 is 1.81 bits per heavy atom. The van der Waals surface area contributed by atoms with E-state index in [4.69, 9.17) is 5.73 Å². The lowest BCUT2D eigenvalue weighted by atomic mass is 10.0. The van der Waals surface area contributed by atoms with E-state index in [-0.39, 0.29) is 11.1 Å². The Labute approximate surface area is 118 Å². The summed E-state index contributed by atoms with van der Waals surface area (Å²) in [5.74, 6) is -0.554. The number of anilines is 1. The minimum Gasteiger partial charge on any atom is -0.388 e. The van der Waals surface area contributed by atoms with Crippen LogP contribution in [0.4, 0.5) is 17.1 Å².